The second-order valence-electron chi connectivity index (χ2n) is 0. The molecular weight excluding hydrogens is 851 g/mol. The molecule has 4 heteroatoms. The molecule has 0 N–H and O–H groups in total. The molecule has 0 atom stereocenters. The van der Waals surface area contributed by atoms with Gasteiger partial charge in [0.25, 0.3) is 0 Å². The first-order valence-corrected chi connectivity index (χ1v) is 0. The summed E-state index contributed by atoms with van der Waals surface area (Å²) < 4.78 is 0. The van der Waals surface area contributed by atoms with Crippen molar-refractivity contribution in [2.24, 2.45) is 0 Å². The van der Waals surface area contributed by atoms with Crippen molar-refractivity contribution in [3.8, 4) is 0 Å². The number of hydrogen-bond acceptors (Lipinski definition) is 0. The molecule has 0 amide bonds. The van der Waals surface area contributed by atoms with Crippen molar-refractivity contribution >= 4 is 23.9 Å². The van der Waals surface area contributed by atoms with Crippen LogP contribution in [-0.2, 0) is 0 Å². The zero-order valence-electron chi connectivity index (χ0n) is 1.93. The van der Waals surface area contributed by atoms with E-state index in [1.165, 1.54) is 0 Å². The van der Waals surface area contributed by atoms with E-state index < -0.39 is 0 Å². The summed E-state index contributed by atoms with van der Waals surface area (Å²) in [5.41, 5.74) is 0. The number of hydrogen-bond donors (Lipinski definition) is 0. The van der Waals surface area contributed by atoms with Crippen LogP contribution in [0.4, 0.5) is 0 Å². The molecule has 0 aromatic heterocycles. The topological polar surface area (TPSA) is 0 Å². The van der Waals surface area contributed by atoms with Crippen molar-refractivity contribution in [1.29, 1.82) is 0 Å². The molecule has 2 radical (unpaired) electrons. The van der Waals surface area contributed by atoms with Gasteiger partial charge >= 0.3 is 23.9 Å². The van der Waals surface area contributed by atoms with Crippen molar-refractivity contribution in [3.63, 3.8) is 0 Å². The predicted octanol–water partition coefficient (Wildman–Crippen LogP) is -0.916. The Morgan fingerprint density at radius 1 is 0.500 bits per heavy atom. The van der Waals surface area contributed by atoms with E-state index in [0.717, 1.165) is 0 Å². The van der Waals surface area contributed by atoms with Gasteiger partial charge < -0.3 is 0 Å². The molecule has 0 spiro atoms. The van der Waals surface area contributed by atoms with Gasteiger partial charge in [0.2, 0.25) is 0 Å². The van der Waals surface area contributed by atoms with Gasteiger partial charge in [0.15, 0.2) is 0 Å². The SMILES string of the molecule is [Pu].[Pu].[Pu].[SnH2]. The molecule has 4 heavy (non-hydrogen) atoms. The van der Waals surface area contributed by atoms with Crippen molar-refractivity contribution in [1.82, 2.24) is 0 Å². The molecule has 0 aliphatic rings. The molecule has 0 aliphatic heterocycles. The van der Waals surface area contributed by atoms with Gasteiger partial charge in [0.1, 0.15) is 0 Å². The van der Waals surface area contributed by atoms with E-state index in [9.17, 15) is 0 Å². The van der Waals surface area contributed by atoms with Crippen LogP contribution in [0.15, 0.2) is 0 Å². The maximum atomic E-state index is 0. The molecule has 0 aromatic rings. The summed E-state index contributed by atoms with van der Waals surface area (Å²) in [5.74, 6) is 0. The Bertz CT molecular complexity index is 3.25. The first kappa shape index (κ1) is 25.1. The van der Waals surface area contributed by atoms with E-state index in [1.54, 1.807) is 0 Å². The monoisotopic (exact) mass is 836 g/mol. The van der Waals surface area contributed by atoms with E-state index in [0.29, 0.717) is 0 Å². The molecule has 0 bridgehead atoms. The van der Waals surface area contributed by atoms with Gasteiger partial charge in [-0.3, -0.25) is 0 Å². The van der Waals surface area contributed by atoms with Crippen molar-refractivity contribution in [2.75, 3.05) is 0 Å². The van der Waals surface area contributed by atoms with Crippen LogP contribution in [0.1, 0.15) is 0 Å². The third kappa shape index (κ3) is 9.23. The Kier molecular flexibility index (Phi) is 99.5. The molecular formula is H2Pu3Sn. The Labute approximate surface area is 109 Å². The van der Waals surface area contributed by atoms with Crippen molar-refractivity contribution < 1.29 is 87.5 Å². The van der Waals surface area contributed by atoms with E-state index in [2.05, 4.69) is 0 Å². The van der Waals surface area contributed by atoms with Crippen molar-refractivity contribution in [3.05, 3.63) is 0 Å². The second-order valence-corrected chi connectivity index (χ2v) is 0. The first-order chi connectivity index (χ1) is 0. The normalized spacial score (nSPS) is 0. The van der Waals surface area contributed by atoms with Gasteiger partial charge in [-0.1, -0.05) is 0 Å². The summed E-state index contributed by atoms with van der Waals surface area (Å²) in [5, 5.41) is 0. The van der Waals surface area contributed by atoms with Crippen LogP contribution in [0.5, 0.6) is 0 Å². The summed E-state index contributed by atoms with van der Waals surface area (Å²) in [6.07, 6.45) is 0. The molecule has 0 rings (SSSR count). The van der Waals surface area contributed by atoms with Gasteiger partial charge in [-0.25, -0.2) is 0 Å². The summed E-state index contributed by atoms with van der Waals surface area (Å²) in [7, 11) is 0. The van der Waals surface area contributed by atoms with Gasteiger partial charge in [0, 0.05) is 87.5 Å². The first-order valence-electron chi connectivity index (χ1n) is 0. The van der Waals surface area contributed by atoms with E-state index in [4.69, 9.17) is 0 Å². The van der Waals surface area contributed by atoms with Gasteiger partial charge in [-0.05, 0) is 0 Å². The minimum absolute atomic E-state index is 0. The Morgan fingerprint density at radius 2 is 0.500 bits per heavy atom. The van der Waals surface area contributed by atoms with Crippen LogP contribution < -0.4 is 0 Å². The van der Waals surface area contributed by atoms with Crippen LogP contribution in [0.2, 0.25) is 0 Å². The number of rotatable bonds is 0. The average molecular weight is 853 g/mol. The Hall–Kier alpha value is 3.76. The van der Waals surface area contributed by atoms with Crippen LogP contribution in [-0.4, -0.2) is 23.9 Å². The molecule has 0 aliphatic carbocycles. The third-order valence-electron chi connectivity index (χ3n) is 0. The van der Waals surface area contributed by atoms with E-state index in [1.807, 2.05) is 0 Å². The second kappa shape index (κ2) is 15.9. The van der Waals surface area contributed by atoms with Crippen LogP contribution in [0.3, 0.4) is 0 Å². The fourth-order valence-corrected chi connectivity index (χ4v) is 0. The maximum absolute atomic E-state index is 0. The molecule has 0 saturated heterocycles. The molecule has 0 nitrogen and oxygen atoms in total. The third-order valence-corrected chi connectivity index (χ3v) is 0. The summed E-state index contributed by atoms with van der Waals surface area (Å²) in [6, 6.07) is 0. The Morgan fingerprint density at radius 3 is 0.500 bits per heavy atom. The summed E-state index contributed by atoms with van der Waals surface area (Å²) in [6.45, 7) is 0. The quantitative estimate of drug-likeness (QED) is 0.278. The average Bonchev–Trinajstić information content (AvgIpc) is 0. The van der Waals surface area contributed by atoms with E-state index >= 15 is 0 Å². The zero-order valence-corrected chi connectivity index (χ0v) is 16.2. The Balaban J connectivity index is 0. The van der Waals surface area contributed by atoms with Gasteiger partial charge in [0.05, 0.1) is 0 Å². The van der Waals surface area contributed by atoms with Crippen LogP contribution in [0, 0.1) is 87.5 Å². The van der Waals surface area contributed by atoms with E-state index in [-0.39, 0.29) is 111 Å². The standard InChI is InChI=1S/3Pu.Sn.2H. The fourth-order valence-electron chi connectivity index (χ4n) is 0. The van der Waals surface area contributed by atoms with Gasteiger partial charge in [-0.15, -0.1) is 0 Å². The predicted molar refractivity (Wildman–Crippen MR) is 8.54 cm³/mol. The summed E-state index contributed by atoms with van der Waals surface area (Å²) >= 11 is 0. The fraction of sp³-hybridized carbons (Fsp3) is 0. The molecule has 0 saturated carbocycles. The van der Waals surface area contributed by atoms with Crippen molar-refractivity contribution in [2.45, 2.75) is 0 Å². The molecule has 0 heterocycles. The van der Waals surface area contributed by atoms with Crippen LogP contribution >= 0.6 is 0 Å². The molecule has 0 aromatic carbocycles. The van der Waals surface area contributed by atoms with Gasteiger partial charge in [-0.2, -0.15) is 0 Å². The minimum atomic E-state index is 0. The molecule has 0 unspecified atom stereocenters. The molecule has 0 fully saturated rings. The van der Waals surface area contributed by atoms with Crippen LogP contribution in [0.25, 0.3) is 0 Å². The summed E-state index contributed by atoms with van der Waals surface area (Å²) in [4.78, 5) is 0. The zero-order chi connectivity index (χ0) is 0. The molecule has 24 valence electrons.